The van der Waals surface area contributed by atoms with Crippen molar-refractivity contribution in [2.45, 2.75) is 26.5 Å². The van der Waals surface area contributed by atoms with E-state index in [4.69, 9.17) is 4.74 Å². The van der Waals surface area contributed by atoms with Crippen LogP contribution in [0.15, 0.2) is 90.1 Å². The molecule has 0 aliphatic carbocycles. The molecular formula is C26H24N6O2. The highest BCUT2D eigenvalue weighted by atomic mass is 16.5. The fraction of sp³-hybridized carbons (Fsp3) is 0.154. The molecule has 8 heteroatoms. The van der Waals surface area contributed by atoms with Gasteiger partial charge in [0.05, 0.1) is 5.57 Å². The standard InChI is InChI=1S/C26H24N6O2/c1-17-10-6-8-14-21(17)28-25(33)23-18(2)27-26-29-30-31-32(26)24(23)20-13-7-9-15-22(20)34-16-19-11-4-3-5-12-19/h3-15,24H,16H2,1-2H3,(H,28,33)(H,27,29,31). The lowest BCUT2D eigenvalue weighted by atomic mass is 9.94. The molecule has 1 aromatic heterocycles. The smallest absolute Gasteiger partial charge is 0.255 e. The number of amides is 1. The van der Waals surface area contributed by atoms with Crippen molar-refractivity contribution in [1.29, 1.82) is 0 Å². The van der Waals surface area contributed by atoms with Crippen molar-refractivity contribution in [3.05, 3.63) is 107 Å². The van der Waals surface area contributed by atoms with Crippen LogP contribution in [0.1, 0.15) is 29.7 Å². The van der Waals surface area contributed by atoms with E-state index < -0.39 is 6.04 Å². The average Bonchev–Trinajstić information content (AvgIpc) is 3.32. The van der Waals surface area contributed by atoms with Gasteiger partial charge in [-0.25, -0.2) is 0 Å². The third kappa shape index (κ3) is 4.13. The Bertz CT molecular complexity index is 1360. The Balaban J connectivity index is 1.53. The van der Waals surface area contributed by atoms with Gasteiger partial charge in [0.2, 0.25) is 5.95 Å². The Morgan fingerprint density at radius 1 is 1.00 bits per heavy atom. The number of nitrogens with zero attached hydrogens (tertiary/aromatic N) is 4. The van der Waals surface area contributed by atoms with Gasteiger partial charge in [-0.1, -0.05) is 71.8 Å². The zero-order valence-electron chi connectivity index (χ0n) is 18.9. The fourth-order valence-corrected chi connectivity index (χ4v) is 4.07. The summed E-state index contributed by atoms with van der Waals surface area (Å²) in [6.07, 6.45) is 0. The lowest BCUT2D eigenvalue weighted by Gasteiger charge is -2.29. The van der Waals surface area contributed by atoms with Crippen LogP contribution >= 0.6 is 0 Å². The summed E-state index contributed by atoms with van der Waals surface area (Å²) in [5.74, 6) is 0.893. The molecule has 34 heavy (non-hydrogen) atoms. The Labute approximate surface area is 197 Å². The largest absolute Gasteiger partial charge is 0.489 e. The molecule has 4 aromatic rings. The minimum Gasteiger partial charge on any atom is -0.489 e. The molecule has 8 nitrogen and oxygen atoms in total. The maximum Gasteiger partial charge on any atom is 0.255 e. The van der Waals surface area contributed by atoms with Crippen LogP contribution in [-0.2, 0) is 11.4 Å². The number of fused-ring (bicyclic) bond motifs is 1. The summed E-state index contributed by atoms with van der Waals surface area (Å²) >= 11 is 0. The predicted molar refractivity (Wildman–Crippen MR) is 129 cm³/mol. The van der Waals surface area contributed by atoms with E-state index in [1.165, 1.54) is 0 Å². The number of anilines is 2. The normalized spacial score (nSPS) is 14.8. The summed E-state index contributed by atoms with van der Waals surface area (Å²) < 4.78 is 7.83. The molecule has 0 spiro atoms. The summed E-state index contributed by atoms with van der Waals surface area (Å²) in [5, 5.41) is 18.3. The molecule has 0 fully saturated rings. The van der Waals surface area contributed by atoms with Gasteiger partial charge in [-0.3, -0.25) is 4.79 Å². The van der Waals surface area contributed by atoms with E-state index in [1.807, 2.05) is 92.7 Å². The summed E-state index contributed by atoms with van der Waals surface area (Å²) in [4.78, 5) is 13.6. The number of ether oxygens (including phenoxy) is 1. The molecule has 1 unspecified atom stereocenters. The van der Waals surface area contributed by atoms with Crippen LogP contribution in [0.25, 0.3) is 0 Å². The van der Waals surface area contributed by atoms with Gasteiger partial charge in [0.25, 0.3) is 5.91 Å². The van der Waals surface area contributed by atoms with Gasteiger partial charge in [-0.2, -0.15) is 4.68 Å². The van der Waals surface area contributed by atoms with Gasteiger partial charge in [-0.15, -0.1) is 0 Å². The first-order chi connectivity index (χ1) is 16.6. The SMILES string of the molecule is CC1=C(C(=O)Nc2ccccc2C)C(c2ccccc2OCc2ccccc2)n2nnnc2N1. The number of tetrazole rings is 1. The molecule has 3 aromatic carbocycles. The van der Waals surface area contributed by atoms with Crippen LogP contribution in [0, 0.1) is 6.92 Å². The second kappa shape index (κ2) is 9.19. The first kappa shape index (κ1) is 21.4. The summed E-state index contributed by atoms with van der Waals surface area (Å²) in [6, 6.07) is 24.7. The number of carbonyl (C=O) groups is 1. The number of nitrogens with one attached hydrogen (secondary N) is 2. The second-order valence-electron chi connectivity index (χ2n) is 8.09. The summed E-state index contributed by atoms with van der Waals surface area (Å²) in [5.41, 5.74) is 4.76. The second-order valence-corrected chi connectivity index (χ2v) is 8.09. The number of hydrogen-bond donors (Lipinski definition) is 2. The first-order valence-corrected chi connectivity index (χ1v) is 11.0. The Morgan fingerprint density at radius 3 is 2.56 bits per heavy atom. The molecule has 0 saturated heterocycles. The number of aryl methyl sites for hydroxylation is 1. The quantitative estimate of drug-likeness (QED) is 0.448. The molecule has 2 heterocycles. The van der Waals surface area contributed by atoms with Gasteiger partial charge >= 0.3 is 0 Å². The molecule has 5 rings (SSSR count). The van der Waals surface area contributed by atoms with E-state index in [-0.39, 0.29) is 5.91 Å². The predicted octanol–water partition coefficient (Wildman–Crippen LogP) is 4.49. The number of para-hydroxylation sites is 2. The van der Waals surface area contributed by atoms with Crippen LogP contribution in [0.5, 0.6) is 5.75 Å². The summed E-state index contributed by atoms with van der Waals surface area (Å²) in [7, 11) is 0. The van der Waals surface area contributed by atoms with E-state index in [1.54, 1.807) is 4.68 Å². The lowest BCUT2D eigenvalue weighted by Crippen LogP contribution is -2.32. The maximum absolute atomic E-state index is 13.6. The third-order valence-corrected chi connectivity index (χ3v) is 5.80. The minimum absolute atomic E-state index is 0.233. The van der Waals surface area contributed by atoms with Crippen molar-refractivity contribution in [2.24, 2.45) is 0 Å². The van der Waals surface area contributed by atoms with Crippen LogP contribution < -0.4 is 15.4 Å². The highest BCUT2D eigenvalue weighted by Gasteiger charge is 2.35. The van der Waals surface area contributed by atoms with Gasteiger partial charge in [0.15, 0.2) is 0 Å². The molecule has 0 radical (unpaired) electrons. The Morgan fingerprint density at radius 2 is 1.74 bits per heavy atom. The number of aromatic nitrogens is 4. The number of hydrogen-bond acceptors (Lipinski definition) is 6. The summed E-state index contributed by atoms with van der Waals surface area (Å²) in [6.45, 7) is 4.21. The molecule has 0 bridgehead atoms. The van der Waals surface area contributed by atoms with Crippen LogP contribution in [0.3, 0.4) is 0 Å². The number of carbonyl (C=O) groups excluding carboxylic acids is 1. The first-order valence-electron chi connectivity index (χ1n) is 11.0. The van der Waals surface area contributed by atoms with Crippen molar-refractivity contribution in [3.63, 3.8) is 0 Å². The third-order valence-electron chi connectivity index (χ3n) is 5.80. The fourth-order valence-electron chi connectivity index (χ4n) is 4.07. The van der Waals surface area contributed by atoms with Crippen molar-refractivity contribution in [2.75, 3.05) is 10.6 Å². The van der Waals surface area contributed by atoms with Crippen LogP contribution in [0.2, 0.25) is 0 Å². The molecule has 1 aliphatic rings. The molecule has 1 aliphatic heterocycles. The van der Waals surface area contributed by atoms with E-state index >= 15 is 0 Å². The number of benzene rings is 3. The molecule has 2 N–H and O–H groups in total. The zero-order chi connectivity index (χ0) is 23.5. The average molecular weight is 453 g/mol. The van der Waals surface area contributed by atoms with Gasteiger partial charge in [0.1, 0.15) is 18.4 Å². The van der Waals surface area contributed by atoms with Crippen molar-refractivity contribution in [3.8, 4) is 5.75 Å². The van der Waals surface area contributed by atoms with E-state index in [9.17, 15) is 4.79 Å². The van der Waals surface area contributed by atoms with E-state index in [0.717, 1.165) is 22.4 Å². The number of allylic oxidation sites excluding steroid dienone is 1. The zero-order valence-corrected chi connectivity index (χ0v) is 18.9. The highest BCUT2D eigenvalue weighted by molar-refractivity contribution is 6.06. The van der Waals surface area contributed by atoms with Crippen molar-refractivity contribution >= 4 is 17.5 Å². The van der Waals surface area contributed by atoms with Crippen LogP contribution in [0.4, 0.5) is 11.6 Å². The minimum atomic E-state index is -0.567. The number of rotatable bonds is 6. The van der Waals surface area contributed by atoms with E-state index in [0.29, 0.717) is 29.6 Å². The molecule has 170 valence electrons. The van der Waals surface area contributed by atoms with Gasteiger partial charge < -0.3 is 15.4 Å². The highest BCUT2D eigenvalue weighted by Crippen LogP contribution is 2.39. The Kier molecular flexibility index (Phi) is 5.78. The van der Waals surface area contributed by atoms with E-state index in [2.05, 4.69) is 26.2 Å². The lowest BCUT2D eigenvalue weighted by molar-refractivity contribution is -0.113. The van der Waals surface area contributed by atoms with Crippen molar-refractivity contribution in [1.82, 2.24) is 20.2 Å². The molecule has 1 amide bonds. The van der Waals surface area contributed by atoms with Crippen LogP contribution in [-0.4, -0.2) is 26.1 Å². The van der Waals surface area contributed by atoms with Crippen molar-refractivity contribution < 1.29 is 9.53 Å². The monoisotopic (exact) mass is 452 g/mol. The molecular weight excluding hydrogens is 428 g/mol. The molecule has 0 saturated carbocycles. The maximum atomic E-state index is 13.6. The van der Waals surface area contributed by atoms with Gasteiger partial charge in [0, 0.05) is 16.9 Å². The van der Waals surface area contributed by atoms with Gasteiger partial charge in [-0.05, 0) is 47.5 Å². The Hall–Kier alpha value is -4.46. The molecule has 1 atom stereocenters. The topological polar surface area (TPSA) is 94.0 Å².